The fourth-order valence-electron chi connectivity index (χ4n) is 10.6. The summed E-state index contributed by atoms with van der Waals surface area (Å²) in [5, 5.41) is 17.7. The van der Waals surface area contributed by atoms with Gasteiger partial charge in [0.05, 0.1) is 59.3 Å². The van der Waals surface area contributed by atoms with Gasteiger partial charge in [0, 0.05) is 177 Å². The van der Waals surface area contributed by atoms with Crippen LogP contribution < -0.4 is 38.9 Å². The van der Waals surface area contributed by atoms with E-state index in [9.17, 15) is 46.7 Å². The molecule has 0 aliphatic heterocycles. The standard InChI is InChI=1S/C12H15FN4OS.C12H15N3O2S.C11H13FN4OS.2C11H13N3O2S.C11H13N3OS2.C10H11FN4OS/c1-7(2)17-6-14-11(13)9(17)5-19-12-15-8(3)4-10(18)16-12;1-4-10-9(8(3)15-17-10)6-18-12-13-7(2)5-11(16)14-12;1-3-16-6-13-10(12)8(16)5-18-11-14-7(2)4-9(17)15-11;1-3-9-8(5-16-14-9)6-17-11-12-7(2)4-10(15)13-11;1-3-9-8(5-12-16-9)6-17-11-13-7(2)4-10(15)14-11;1-3-9-8(6-17-14-9)5-16-11-12-7(2)4-10(15)13-11;1-6-3-8(16)14-10(13-6)17-4-7-9(11)12-5-15(7)2/h4,6-7H,5H2,1-3H3,(H,15,16,18);5H,4,6H2,1-3H3,(H,13,14,16);4,6H,3,5H2,1-2H3,(H,14,15,17);4-5H,3,6H2,1-2H3,(H,12,13,15);4-5H,3,6H2,1-2H3,(H,13,14,15);4,6H,3,5H2,1-2H3,(H,12,13,15);3,5H,4H2,1-2H3,(H,13,14,16). The first kappa shape index (κ1) is 97.7. The number of aromatic amines is 7. The Bertz CT molecular complexity index is 5830. The van der Waals surface area contributed by atoms with Gasteiger partial charge in [-0.2, -0.15) is 17.5 Å². The number of rotatable bonds is 27. The Morgan fingerprint density at radius 1 is 0.415 bits per heavy atom. The summed E-state index contributed by atoms with van der Waals surface area (Å²) in [5.41, 5.74) is 12.6. The second-order valence-electron chi connectivity index (χ2n) is 26.6. The fourth-order valence-corrected chi connectivity index (χ4v) is 18.1. The number of H-pyrrole nitrogens is 7. The SMILES string of the molecule is CCc1nocc1CSc1nc(C)cc(=O)[nH]1.CCc1nscc1CSc1nc(C)cc(=O)[nH]1.CCc1onc(C)c1CSc1nc(C)cc(=O)[nH]1.CCc1oncc1CSc1nc(C)cc(=O)[nH]1.CCn1cnc(F)c1CSc1nc(C)cc(=O)[nH]1.Cc1cc(=O)[nH]c(SCc2c(F)ncn2C(C)C)n1.Cc1cc(=O)[nH]c(SCc2c(F)ncn2C)n1. The number of thioether (sulfide) groups is 7. The Hall–Kier alpha value is -10.7. The van der Waals surface area contributed by atoms with Crippen molar-refractivity contribution in [1.82, 2.24) is 118 Å². The first-order chi connectivity index (χ1) is 58.8. The van der Waals surface area contributed by atoms with Gasteiger partial charge in [0.2, 0.25) is 17.8 Å². The Labute approximate surface area is 736 Å². The normalized spacial score (nSPS) is 10.8. The second-order valence-corrected chi connectivity index (χ2v) is 34.0. The van der Waals surface area contributed by atoms with Crippen molar-refractivity contribution in [3.05, 3.63) is 277 Å². The zero-order valence-electron chi connectivity index (χ0n) is 70.2. The number of aryl methyl sites for hydroxylation is 14. The van der Waals surface area contributed by atoms with Gasteiger partial charge in [-0.1, -0.05) is 125 Å². The van der Waals surface area contributed by atoms with Crippen molar-refractivity contribution in [1.29, 1.82) is 0 Å². The van der Waals surface area contributed by atoms with Gasteiger partial charge in [-0.15, -0.1) is 0 Å². The molecule has 0 atom stereocenters. The van der Waals surface area contributed by atoms with Crippen LogP contribution in [0.1, 0.15) is 162 Å². The maximum Gasteiger partial charge on any atom is 0.251 e. The molecule has 0 saturated heterocycles. The predicted octanol–water partition coefficient (Wildman–Crippen LogP) is 13.7. The van der Waals surface area contributed by atoms with E-state index >= 15 is 0 Å². The molecule has 654 valence electrons. The summed E-state index contributed by atoms with van der Waals surface area (Å²) in [6.07, 6.45) is 11.1. The molecule has 7 N–H and O–H groups in total. The molecular weight excluding hydrogens is 1750 g/mol. The minimum Gasteiger partial charge on any atom is -0.364 e. The predicted molar refractivity (Wildman–Crippen MR) is 472 cm³/mol. The largest absolute Gasteiger partial charge is 0.364 e. The van der Waals surface area contributed by atoms with Crippen LogP contribution >= 0.6 is 93.9 Å². The van der Waals surface area contributed by atoms with Crippen molar-refractivity contribution in [2.24, 2.45) is 7.05 Å². The third kappa shape index (κ3) is 31.9. The minimum atomic E-state index is -0.491. The highest BCUT2D eigenvalue weighted by molar-refractivity contribution is 7.99. The van der Waals surface area contributed by atoms with Gasteiger partial charge in [0.15, 0.2) is 36.1 Å². The molecule has 34 nitrogen and oxygen atoms in total. The van der Waals surface area contributed by atoms with Crippen LogP contribution in [-0.2, 0) is 79.5 Å². The highest BCUT2D eigenvalue weighted by atomic mass is 32.2. The van der Waals surface area contributed by atoms with Gasteiger partial charge < -0.3 is 62.2 Å². The molecule has 0 amide bonds. The van der Waals surface area contributed by atoms with Crippen LogP contribution in [0.2, 0.25) is 0 Å². The van der Waals surface area contributed by atoms with E-state index in [2.05, 4.69) is 117 Å². The van der Waals surface area contributed by atoms with Crippen LogP contribution in [0.25, 0.3) is 0 Å². The molecule has 0 spiro atoms. The minimum absolute atomic E-state index is 0.0980. The topological polar surface area (TPSA) is 465 Å². The number of nitrogens with one attached hydrogen (secondary N) is 7. The Morgan fingerprint density at radius 2 is 0.780 bits per heavy atom. The molecular formula is C78H93F3N24O10S8. The van der Waals surface area contributed by atoms with Crippen molar-refractivity contribution in [2.45, 2.75) is 218 Å². The summed E-state index contributed by atoms with van der Waals surface area (Å²) in [5.74, 6) is 4.35. The smallest absolute Gasteiger partial charge is 0.251 e. The van der Waals surface area contributed by atoms with Gasteiger partial charge in [0.1, 0.15) is 17.8 Å². The molecule has 14 rings (SSSR count). The molecule has 45 heteroatoms. The van der Waals surface area contributed by atoms with Gasteiger partial charge in [0.25, 0.3) is 38.9 Å². The number of hydrogen-bond donors (Lipinski definition) is 7. The number of halogens is 3. The lowest BCUT2D eigenvalue weighted by atomic mass is 10.2. The van der Waals surface area contributed by atoms with E-state index in [1.807, 2.05) is 55.4 Å². The molecule has 0 radical (unpaired) electrons. The highest BCUT2D eigenvalue weighted by Crippen LogP contribution is 2.29. The molecule has 14 aromatic heterocycles. The van der Waals surface area contributed by atoms with E-state index in [1.165, 1.54) is 161 Å². The third-order valence-corrected chi connectivity index (χ3v) is 23.7. The van der Waals surface area contributed by atoms with E-state index in [0.717, 1.165) is 99.5 Å². The molecule has 0 saturated carbocycles. The van der Waals surface area contributed by atoms with E-state index in [1.54, 1.807) is 74.8 Å². The van der Waals surface area contributed by atoms with Gasteiger partial charge in [-0.25, -0.2) is 49.8 Å². The molecule has 0 aliphatic rings. The highest BCUT2D eigenvalue weighted by Gasteiger charge is 2.18. The van der Waals surface area contributed by atoms with Crippen LogP contribution in [0.4, 0.5) is 13.2 Å². The molecule has 0 bridgehead atoms. The van der Waals surface area contributed by atoms with Crippen LogP contribution in [0.3, 0.4) is 0 Å². The summed E-state index contributed by atoms with van der Waals surface area (Å²) in [7, 11) is 1.72. The third-order valence-electron chi connectivity index (χ3n) is 16.6. The summed E-state index contributed by atoms with van der Waals surface area (Å²) in [4.78, 5) is 138. The number of aromatic nitrogens is 24. The van der Waals surface area contributed by atoms with Crippen molar-refractivity contribution in [3.8, 4) is 0 Å². The number of hydrogen-bond acceptors (Lipinski definition) is 32. The fraction of sp³-hybridized carbons (Fsp3) is 0.372. The van der Waals surface area contributed by atoms with Crippen LogP contribution in [0.15, 0.2) is 163 Å². The first-order valence-corrected chi connectivity index (χ1v) is 45.7. The Balaban J connectivity index is 0.000000178. The zero-order chi connectivity index (χ0) is 89.4. The molecule has 14 aromatic rings. The maximum atomic E-state index is 13.6. The Morgan fingerprint density at radius 3 is 1.17 bits per heavy atom. The molecule has 0 aliphatic carbocycles. The lowest BCUT2D eigenvalue weighted by molar-refractivity contribution is 0.382. The van der Waals surface area contributed by atoms with Crippen LogP contribution in [-0.4, -0.2) is 118 Å². The molecule has 0 fully saturated rings. The summed E-state index contributed by atoms with van der Waals surface area (Å²) in [6.45, 7) is 29.0. The van der Waals surface area contributed by atoms with E-state index in [4.69, 9.17) is 13.6 Å². The molecule has 123 heavy (non-hydrogen) atoms. The van der Waals surface area contributed by atoms with Gasteiger partial charge in [-0.3, -0.25) is 33.6 Å². The lowest BCUT2D eigenvalue weighted by Gasteiger charge is -2.11. The molecule has 0 aromatic carbocycles. The maximum absolute atomic E-state index is 13.6. The average molecular weight is 1840 g/mol. The summed E-state index contributed by atoms with van der Waals surface area (Å²) >= 11 is 11.3. The van der Waals surface area contributed by atoms with Gasteiger partial charge >= 0.3 is 0 Å². The van der Waals surface area contributed by atoms with E-state index in [-0.39, 0.29) is 45.0 Å². The second kappa shape index (κ2) is 49.0. The quantitative estimate of drug-likeness (QED) is 0.0186. The van der Waals surface area contributed by atoms with Crippen LogP contribution in [0.5, 0.6) is 0 Å². The van der Waals surface area contributed by atoms with Crippen molar-refractivity contribution >= 4 is 93.9 Å². The van der Waals surface area contributed by atoms with Crippen molar-refractivity contribution in [2.75, 3.05) is 0 Å². The van der Waals surface area contributed by atoms with Crippen LogP contribution in [0, 0.1) is 73.2 Å². The monoisotopic (exact) mass is 1840 g/mol. The van der Waals surface area contributed by atoms with E-state index < -0.39 is 17.8 Å². The van der Waals surface area contributed by atoms with E-state index in [0.29, 0.717) is 111 Å². The first-order valence-electron chi connectivity index (χ1n) is 38.0. The van der Waals surface area contributed by atoms with Crippen molar-refractivity contribution < 1.29 is 26.7 Å². The number of imidazole rings is 3. The van der Waals surface area contributed by atoms with Crippen molar-refractivity contribution in [3.63, 3.8) is 0 Å². The molecule has 0 unspecified atom stereocenters. The lowest BCUT2D eigenvalue weighted by Crippen LogP contribution is -2.09. The average Bonchev–Trinajstić information content (AvgIpc) is 1.72. The summed E-state index contributed by atoms with van der Waals surface area (Å²) in [6, 6.07) is 10.3. The zero-order valence-corrected chi connectivity index (χ0v) is 76.7. The number of nitrogens with zero attached hydrogens (tertiary/aromatic N) is 17. The summed E-state index contributed by atoms with van der Waals surface area (Å²) < 4.78 is 64.9. The van der Waals surface area contributed by atoms with Gasteiger partial charge in [-0.05, 0) is 106 Å². The Kier molecular flexibility index (Phi) is 38.9. The molecule has 14 heterocycles.